The number of para-hydroxylation sites is 1. The van der Waals surface area contributed by atoms with Gasteiger partial charge in [0.1, 0.15) is 5.82 Å². The lowest BCUT2D eigenvalue weighted by atomic mass is 9.90. The molecule has 4 rings (SSSR count). The van der Waals surface area contributed by atoms with Gasteiger partial charge in [-0.2, -0.15) is 0 Å². The van der Waals surface area contributed by atoms with E-state index in [1.54, 1.807) is 6.07 Å². The van der Waals surface area contributed by atoms with Crippen LogP contribution in [0.15, 0.2) is 54.6 Å². The third-order valence-corrected chi connectivity index (χ3v) is 5.04. The summed E-state index contributed by atoms with van der Waals surface area (Å²) in [4.78, 5) is 4.37. The van der Waals surface area contributed by atoms with Crippen LogP contribution in [0.25, 0.3) is 6.08 Å². The first kappa shape index (κ1) is 15.4. The molecule has 0 unspecified atom stereocenters. The van der Waals surface area contributed by atoms with Crippen LogP contribution in [0.1, 0.15) is 17.2 Å². The number of aliphatic hydroxyl groups excluding tert-OH is 1. The van der Waals surface area contributed by atoms with E-state index in [1.807, 2.05) is 36.4 Å². The molecule has 24 heavy (non-hydrogen) atoms. The number of hydrogen-bond donors (Lipinski definition) is 1. The van der Waals surface area contributed by atoms with Crippen LogP contribution < -0.4 is 4.90 Å². The Labute approximate surface area is 141 Å². The number of hydrogen-bond acceptors (Lipinski definition) is 3. The van der Waals surface area contributed by atoms with Crippen LogP contribution in [0.4, 0.5) is 10.1 Å². The second-order valence-electron chi connectivity index (χ2n) is 6.40. The Bertz CT molecular complexity index is 753. The summed E-state index contributed by atoms with van der Waals surface area (Å²) in [5, 5.41) is 10.7. The molecule has 0 aromatic heterocycles. The van der Waals surface area contributed by atoms with Crippen molar-refractivity contribution in [2.45, 2.75) is 12.1 Å². The second kappa shape index (κ2) is 6.38. The minimum absolute atomic E-state index is 0.0114. The summed E-state index contributed by atoms with van der Waals surface area (Å²) < 4.78 is 13.9. The molecule has 1 fully saturated rings. The van der Waals surface area contributed by atoms with Crippen molar-refractivity contribution in [2.24, 2.45) is 0 Å². The summed E-state index contributed by atoms with van der Waals surface area (Å²) in [6.45, 7) is 3.14. The van der Waals surface area contributed by atoms with E-state index < -0.39 is 6.10 Å². The number of halogens is 1. The third kappa shape index (κ3) is 2.72. The SMILES string of the molecule is O[C@H]1c2ccccc2C=C[C@@H]1N1CCN(c2ccccc2F)CC1. The Morgan fingerprint density at radius 1 is 0.917 bits per heavy atom. The zero-order chi connectivity index (χ0) is 16.5. The van der Waals surface area contributed by atoms with E-state index in [9.17, 15) is 9.50 Å². The Kier molecular flexibility index (Phi) is 4.08. The lowest BCUT2D eigenvalue weighted by Crippen LogP contribution is -2.52. The summed E-state index contributed by atoms with van der Waals surface area (Å²) in [5.41, 5.74) is 2.75. The van der Waals surface area contributed by atoms with Crippen LogP contribution in [0.2, 0.25) is 0 Å². The lowest BCUT2D eigenvalue weighted by Gasteiger charge is -2.42. The molecule has 0 amide bonds. The van der Waals surface area contributed by atoms with Crippen LogP contribution in [0.3, 0.4) is 0 Å². The van der Waals surface area contributed by atoms with E-state index in [-0.39, 0.29) is 11.9 Å². The maximum Gasteiger partial charge on any atom is 0.146 e. The monoisotopic (exact) mass is 324 g/mol. The molecule has 1 aliphatic carbocycles. The topological polar surface area (TPSA) is 26.7 Å². The molecule has 1 N–H and O–H groups in total. The van der Waals surface area contributed by atoms with E-state index in [0.717, 1.165) is 37.3 Å². The first-order valence-corrected chi connectivity index (χ1v) is 8.43. The van der Waals surface area contributed by atoms with Crippen molar-refractivity contribution in [3.8, 4) is 0 Å². The summed E-state index contributed by atoms with van der Waals surface area (Å²) in [6.07, 6.45) is 3.67. The largest absolute Gasteiger partial charge is 0.386 e. The van der Waals surface area contributed by atoms with Crippen molar-refractivity contribution in [3.05, 3.63) is 71.6 Å². The maximum absolute atomic E-state index is 13.9. The molecular weight excluding hydrogens is 303 g/mol. The van der Waals surface area contributed by atoms with Gasteiger partial charge < -0.3 is 10.0 Å². The number of fused-ring (bicyclic) bond motifs is 1. The number of piperazine rings is 1. The van der Waals surface area contributed by atoms with Gasteiger partial charge in [-0.1, -0.05) is 48.6 Å². The first-order chi connectivity index (χ1) is 11.7. The van der Waals surface area contributed by atoms with Gasteiger partial charge in [0.15, 0.2) is 0 Å². The first-order valence-electron chi connectivity index (χ1n) is 8.43. The van der Waals surface area contributed by atoms with E-state index in [4.69, 9.17) is 0 Å². The smallest absolute Gasteiger partial charge is 0.146 e. The van der Waals surface area contributed by atoms with Gasteiger partial charge in [-0.05, 0) is 23.3 Å². The summed E-state index contributed by atoms with van der Waals surface area (Å²) >= 11 is 0. The molecule has 2 aromatic carbocycles. The molecule has 1 heterocycles. The summed E-state index contributed by atoms with van der Waals surface area (Å²) in [7, 11) is 0. The molecule has 4 heteroatoms. The number of benzene rings is 2. The highest BCUT2D eigenvalue weighted by Crippen LogP contribution is 2.31. The fraction of sp³-hybridized carbons (Fsp3) is 0.300. The predicted octanol–water partition coefficient (Wildman–Crippen LogP) is 3.08. The highest BCUT2D eigenvalue weighted by atomic mass is 19.1. The van der Waals surface area contributed by atoms with Crippen molar-refractivity contribution in [1.29, 1.82) is 0 Å². The third-order valence-electron chi connectivity index (χ3n) is 5.04. The minimum Gasteiger partial charge on any atom is -0.386 e. The quantitative estimate of drug-likeness (QED) is 0.920. The molecular formula is C20H21FN2O. The van der Waals surface area contributed by atoms with Gasteiger partial charge in [0.2, 0.25) is 0 Å². The normalized spacial score (nSPS) is 24.0. The molecule has 2 atom stereocenters. The lowest BCUT2D eigenvalue weighted by molar-refractivity contribution is 0.0684. The van der Waals surface area contributed by atoms with Crippen molar-refractivity contribution >= 4 is 11.8 Å². The van der Waals surface area contributed by atoms with Gasteiger partial charge in [0.25, 0.3) is 0 Å². The Morgan fingerprint density at radius 3 is 2.42 bits per heavy atom. The summed E-state index contributed by atoms with van der Waals surface area (Å²) in [6, 6.07) is 14.9. The van der Waals surface area contributed by atoms with Gasteiger partial charge in [-0.15, -0.1) is 0 Å². The zero-order valence-corrected chi connectivity index (χ0v) is 13.5. The molecule has 2 aliphatic rings. The fourth-order valence-electron chi connectivity index (χ4n) is 3.71. The van der Waals surface area contributed by atoms with Crippen LogP contribution in [0, 0.1) is 5.82 Å². The average molecular weight is 324 g/mol. The summed E-state index contributed by atoms with van der Waals surface area (Å²) in [5.74, 6) is -0.169. The average Bonchev–Trinajstić information content (AvgIpc) is 2.63. The number of rotatable bonds is 2. The van der Waals surface area contributed by atoms with Crippen LogP contribution >= 0.6 is 0 Å². The predicted molar refractivity (Wildman–Crippen MR) is 94.4 cm³/mol. The van der Waals surface area contributed by atoms with Crippen LogP contribution in [-0.4, -0.2) is 42.2 Å². The molecule has 0 bridgehead atoms. The van der Waals surface area contributed by atoms with E-state index in [0.29, 0.717) is 5.69 Å². The molecule has 124 valence electrons. The van der Waals surface area contributed by atoms with E-state index in [1.165, 1.54) is 6.07 Å². The molecule has 0 saturated carbocycles. The van der Waals surface area contributed by atoms with Gasteiger partial charge in [-0.25, -0.2) is 4.39 Å². The van der Waals surface area contributed by atoms with Crippen LogP contribution in [0.5, 0.6) is 0 Å². The van der Waals surface area contributed by atoms with Crippen molar-refractivity contribution in [3.63, 3.8) is 0 Å². The second-order valence-corrected chi connectivity index (χ2v) is 6.40. The number of nitrogens with zero attached hydrogens (tertiary/aromatic N) is 2. The molecule has 0 radical (unpaired) electrons. The molecule has 3 nitrogen and oxygen atoms in total. The van der Waals surface area contributed by atoms with Gasteiger partial charge in [0.05, 0.1) is 17.8 Å². The van der Waals surface area contributed by atoms with Crippen molar-refractivity contribution in [1.82, 2.24) is 4.90 Å². The van der Waals surface area contributed by atoms with Crippen LogP contribution in [-0.2, 0) is 0 Å². The van der Waals surface area contributed by atoms with Crippen molar-refractivity contribution < 1.29 is 9.50 Å². The minimum atomic E-state index is -0.508. The Hall–Kier alpha value is -2.17. The number of anilines is 1. The van der Waals surface area contributed by atoms with E-state index >= 15 is 0 Å². The maximum atomic E-state index is 13.9. The zero-order valence-electron chi connectivity index (χ0n) is 13.5. The van der Waals surface area contributed by atoms with Gasteiger partial charge in [-0.3, -0.25) is 4.90 Å². The molecule has 1 saturated heterocycles. The highest BCUT2D eigenvalue weighted by Gasteiger charge is 2.31. The van der Waals surface area contributed by atoms with Gasteiger partial charge in [0, 0.05) is 26.2 Å². The highest BCUT2D eigenvalue weighted by molar-refractivity contribution is 5.58. The Balaban J connectivity index is 1.46. The van der Waals surface area contributed by atoms with Crippen molar-refractivity contribution in [2.75, 3.05) is 31.1 Å². The fourth-order valence-corrected chi connectivity index (χ4v) is 3.71. The molecule has 1 aliphatic heterocycles. The Morgan fingerprint density at radius 2 is 1.62 bits per heavy atom. The molecule has 0 spiro atoms. The van der Waals surface area contributed by atoms with Gasteiger partial charge >= 0.3 is 0 Å². The number of aliphatic hydroxyl groups is 1. The van der Waals surface area contributed by atoms with E-state index in [2.05, 4.69) is 22.0 Å². The molecule has 2 aromatic rings. The standard InChI is InChI=1S/C20H21FN2O/c21-17-7-3-4-8-18(17)22-11-13-23(14-12-22)19-10-9-15-5-1-2-6-16(15)20(19)24/h1-10,19-20,24H,11-14H2/t19-,20-/m0/s1.